The lowest BCUT2D eigenvalue weighted by Gasteiger charge is -2.46. The van der Waals surface area contributed by atoms with E-state index in [9.17, 15) is 9.90 Å². The maximum absolute atomic E-state index is 11.7. The molecule has 2 rings (SSSR count). The Hall–Kier alpha value is -0.570. The van der Waals surface area contributed by atoms with Crippen LogP contribution in [0.4, 0.5) is 0 Å². The third kappa shape index (κ3) is 2.49. The fourth-order valence-electron chi connectivity index (χ4n) is 3.67. The minimum Gasteiger partial charge on any atom is -0.480 e. The number of hydrogen-bond acceptors (Lipinski definition) is 2. The average Bonchev–Trinajstić information content (AvgIpc) is 2.39. The smallest absolute Gasteiger partial charge is 0.324 e. The lowest BCUT2D eigenvalue weighted by atomic mass is 9.78. The predicted octanol–water partition coefficient (Wildman–Crippen LogP) is 3.04. The van der Waals surface area contributed by atoms with Gasteiger partial charge in [-0.1, -0.05) is 38.5 Å². The molecule has 2 saturated carbocycles. The standard InChI is InChI=1S/C14H25NO2/c1-15(12-8-4-2-5-9-12)14(13(16)17)10-6-3-7-11-14/h12H,2-11H2,1H3,(H,16,17). The van der Waals surface area contributed by atoms with Crippen LogP contribution in [0.15, 0.2) is 0 Å². The van der Waals surface area contributed by atoms with Crippen LogP contribution in [0.3, 0.4) is 0 Å². The van der Waals surface area contributed by atoms with Crippen LogP contribution in [-0.2, 0) is 4.79 Å². The molecule has 0 radical (unpaired) electrons. The fourth-order valence-corrected chi connectivity index (χ4v) is 3.67. The second-order valence-corrected chi connectivity index (χ2v) is 5.80. The average molecular weight is 239 g/mol. The van der Waals surface area contributed by atoms with Gasteiger partial charge >= 0.3 is 5.97 Å². The predicted molar refractivity (Wildman–Crippen MR) is 68.1 cm³/mol. The molecule has 0 amide bonds. The molecule has 2 aliphatic carbocycles. The van der Waals surface area contributed by atoms with E-state index < -0.39 is 11.5 Å². The van der Waals surface area contributed by atoms with Crippen LogP contribution in [0.2, 0.25) is 0 Å². The van der Waals surface area contributed by atoms with Crippen molar-refractivity contribution in [1.29, 1.82) is 0 Å². The molecule has 1 N–H and O–H groups in total. The van der Waals surface area contributed by atoms with Crippen molar-refractivity contribution in [2.75, 3.05) is 7.05 Å². The highest BCUT2D eigenvalue weighted by Crippen LogP contribution is 2.37. The largest absolute Gasteiger partial charge is 0.480 e. The summed E-state index contributed by atoms with van der Waals surface area (Å²) in [5.41, 5.74) is -0.555. The van der Waals surface area contributed by atoms with Crippen molar-refractivity contribution >= 4 is 5.97 Å². The zero-order valence-electron chi connectivity index (χ0n) is 11.0. The molecule has 3 heteroatoms. The number of likely N-dealkylation sites (N-methyl/N-ethyl adjacent to an activating group) is 1. The first-order chi connectivity index (χ1) is 8.17. The third-order valence-corrected chi connectivity index (χ3v) is 4.88. The summed E-state index contributed by atoms with van der Waals surface area (Å²) < 4.78 is 0. The first-order valence-electron chi connectivity index (χ1n) is 7.13. The highest BCUT2D eigenvalue weighted by molar-refractivity contribution is 5.79. The summed E-state index contributed by atoms with van der Waals surface area (Å²) in [4.78, 5) is 13.9. The van der Waals surface area contributed by atoms with Crippen LogP contribution in [-0.4, -0.2) is 34.6 Å². The van der Waals surface area contributed by atoms with Crippen LogP contribution >= 0.6 is 0 Å². The Morgan fingerprint density at radius 2 is 1.59 bits per heavy atom. The van der Waals surface area contributed by atoms with E-state index in [-0.39, 0.29) is 0 Å². The SMILES string of the molecule is CN(C1CCCCC1)C1(C(=O)O)CCCCC1. The second-order valence-electron chi connectivity index (χ2n) is 5.80. The molecule has 0 aromatic heterocycles. The molecular formula is C14H25NO2. The van der Waals surface area contributed by atoms with Crippen molar-refractivity contribution in [2.24, 2.45) is 0 Å². The van der Waals surface area contributed by atoms with Crippen LogP contribution in [0.1, 0.15) is 64.2 Å². The maximum atomic E-state index is 11.7. The molecule has 0 spiro atoms. The topological polar surface area (TPSA) is 40.5 Å². The highest BCUT2D eigenvalue weighted by atomic mass is 16.4. The number of rotatable bonds is 3. The van der Waals surface area contributed by atoms with Gasteiger partial charge in [-0.05, 0) is 32.7 Å². The molecule has 3 nitrogen and oxygen atoms in total. The monoisotopic (exact) mass is 239 g/mol. The summed E-state index contributed by atoms with van der Waals surface area (Å²) >= 11 is 0. The molecule has 0 unspecified atom stereocenters. The van der Waals surface area contributed by atoms with Crippen LogP contribution in [0.25, 0.3) is 0 Å². The summed E-state index contributed by atoms with van der Waals surface area (Å²) in [5.74, 6) is -0.592. The van der Waals surface area contributed by atoms with Crippen molar-refractivity contribution < 1.29 is 9.90 Å². The molecule has 2 fully saturated rings. The van der Waals surface area contributed by atoms with Crippen LogP contribution < -0.4 is 0 Å². The van der Waals surface area contributed by atoms with Crippen LogP contribution in [0, 0.1) is 0 Å². The molecule has 0 aromatic carbocycles. The minimum absolute atomic E-state index is 0.498. The summed E-state index contributed by atoms with van der Waals surface area (Å²) in [6.45, 7) is 0. The van der Waals surface area contributed by atoms with Gasteiger partial charge < -0.3 is 5.11 Å². The van der Waals surface area contributed by atoms with E-state index in [4.69, 9.17) is 0 Å². The van der Waals surface area contributed by atoms with Gasteiger partial charge in [0.15, 0.2) is 0 Å². The van der Waals surface area contributed by atoms with Gasteiger partial charge in [0.05, 0.1) is 0 Å². The van der Waals surface area contributed by atoms with Crippen molar-refractivity contribution in [3.8, 4) is 0 Å². The van der Waals surface area contributed by atoms with Crippen molar-refractivity contribution in [3.63, 3.8) is 0 Å². The Bertz CT molecular complexity index is 265. The van der Waals surface area contributed by atoms with Gasteiger partial charge in [-0.25, -0.2) is 0 Å². The van der Waals surface area contributed by atoms with Gasteiger partial charge in [-0.3, -0.25) is 9.69 Å². The molecule has 0 saturated heterocycles. The quantitative estimate of drug-likeness (QED) is 0.823. The summed E-state index contributed by atoms with van der Waals surface area (Å²) in [5, 5.41) is 9.65. The van der Waals surface area contributed by atoms with E-state index >= 15 is 0 Å². The molecule has 0 atom stereocenters. The maximum Gasteiger partial charge on any atom is 0.324 e. The number of carbonyl (C=O) groups is 1. The Kier molecular flexibility index (Phi) is 4.08. The van der Waals surface area contributed by atoms with Gasteiger partial charge in [-0.15, -0.1) is 0 Å². The number of carboxylic acid groups (broad SMARTS) is 1. The van der Waals surface area contributed by atoms with Gasteiger partial charge in [0.1, 0.15) is 5.54 Å². The van der Waals surface area contributed by atoms with Gasteiger partial charge in [0.25, 0.3) is 0 Å². The summed E-state index contributed by atoms with van der Waals surface area (Å²) in [7, 11) is 2.05. The first-order valence-corrected chi connectivity index (χ1v) is 7.13. The van der Waals surface area contributed by atoms with Gasteiger partial charge in [0.2, 0.25) is 0 Å². The third-order valence-electron chi connectivity index (χ3n) is 4.88. The minimum atomic E-state index is -0.592. The summed E-state index contributed by atoms with van der Waals surface area (Å²) in [6.07, 6.45) is 11.3. The van der Waals surface area contributed by atoms with Crippen molar-refractivity contribution in [1.82, 2.24) is 4.90 Å². The fraction of sp³-hybridized carbons (Fsp3) is 0.929. The first kappa shape index (κ1) is 12.9. The molecular weight excluding hydrogens is 214 g/mol. The van der Waals surface area contributed by atoms with E-state index in [2.05, 4.69) is 11.9 Å². The molecule has 2 aliphatic rings. The van der Waals surface area contributed by atoms with E-state index in [1.54, 1.807) is 0 Å². The molecule has 0 bridgehead atoms. The molecule has 0 aliphatic heterocycles. The Balaban J connectivity index is 2.11. The normalized spacial score (nSPS) is 26.0. The second kappa shape index (κ2) is 5.38. The molecule has 0 aromatic rings. The summed E-state index contributed by atoms with van der Waals surface area (Å²) in [6, 6.07) is 0.498. The van der Waals surface area contributed by atoms with Crippen LogP contribution in [0.5, 0.6) is 0 Å². The molecule has 17 heavy (non-hydrogen) atoms. The lowest BCUT2D eigenvalue weighted by Crippen LogP contribution is -2.58. The zero-order chi connectivity index (χ0) is 12.3. The Morgan fingerprint density at radius 1 is 1.06 bits per heavy atom. The Labute approximate surface area is 104 Å². The molecule has 98 valence electrons. The number of aliphatic carboxylic acids is 1. The lowest BCUT2D eigenvalue weighted by molar-refractivity contribution is -0.155. The molecule has 0 heterocycles. The number of hydrogen-bond donors (Lipinski definition) is 1. The number of nitrogens with zero attached hydrogens (tertiary/aromatic N) is 1. The van der Waals surface area contributed by atoms with E-state index in [0.717, 1.165) is 25.7 Å². The zero-order valence-corrected chi connectivity index (χ0v) is 11.0. The van der Waals surface area contributed by atoms with E-state index in [1.807, 2.05) is 0 Å². The van der Waals surface area contributed by atoms with E-state index in [0.29, 0.717) is 6.04 Å². The van der Waals surface area contributed by atoms with Crippen molar-refractivity contribution in [2.45, 2.75) is 75.8 Å². The highest BCUT2D eigenvalue weighted by Gasteiger charge is 2.45. The van der Waals surface area contributed by atoms with Crippen molar-refractivity contribution in [3.05, 3.63) is 0 Å². The van der Waals surface area contributed by atoms with E-state index in [1.165, 1.54) is 38.5 Å². The van der Waals surface area contributed by atoms with Gasteiger partial charge in [0, 0.05) is 6.04 Å². The Morgan fingerprint density at radius 3 is 2.12 bits per heavy atom. The number of carboxylic acids is 1. The van der Waals surface area contributed by atoms with Gasteiger partial charge in [-0.2, -0.15) is 0 Å².